The van der Waals surface area contributed by atoms with Gasteiger partial charge in [-0.25, -0.2) is 0 Å². The summed E-state index contributed by atoms with van der Waals surface area (Å²) in [5, 5.41) is 4.38. The maximum Gasteiger partial charge on any atom is 0.118 e. The van der Waals surface area contributed by atoms with E-state index < -0.39 is 0 Å². The van der Waals surface area contributed by atoms with Crippen molar-refractivity contribution in [1.29, 1.82) is 0 Å². The summed E-state index contributed by atoms with van der Waals surface area (Å²) in [5.74, 6) is 0.915. The lowest BCUT2D eigenvalue weighted by atomic mass is 10.0. The fourth-order valence-corrected chi connectivity index (χ4v) is 3.23. The molecule has 0 unspecified atom stereocenters. The standard InChI is InChI=1S/C19H23ClN2O/c1-23-19-7-5-15(6-8-19)14-22-11-9-17(10-12-22)21-18-4-2-3-16(20)13-18/h2-8,13,17,21H,9-12,14H2,1H3. The highest BCUT2D eigenvalue weighted by atomic mass is 35.5. The van der Waals surface area contributed by atoms with Crippen LogP contribution in [0.15, 0.2) is 48.5 Å². The minimum atomic E-state index is 0.528. The third-order valence-electron chi connectivity index (χ3n) is 4.35. The monoisotopic (exact) mass is 330 g/mol. The Bertz CT molecular complexity index is 622. The molecule has 0 bridgehead atoms. The number of benzene rings is 2. The first-order valence-corrected chi connectivity index (χ1v) is 8.48. The molecule has 0 aromatic heterocycles. The highest BCUT2D eigenvalue weighted by Gasteiger charge is 2.19. The first-order valence-electron chi connectivity index (χ1n) is 8.10. The number of piperidine rings is 1. The van der Waals surface area contributed by atoms with Crippen molar-refractivity contribution in [1.82, 2.24) is 4.90 Å². The quantitative estimate of drug-likeness (QED) is 0.878. The van der Waals surface area contributed by atoms with Crippen LogP contribution >= 0.6 is 11.6 Å². The van der Waals surface area contributed by atoms with Crippen LogP contribution in [0.25, 0.3) is 0 Å². The van der Waals surface area contributed by atoms with E-state index in [4.69, 9.17) is 16.3 Å². The number of nitrogens with one attached hydrogen (secondary N) is 1. The summed E-state index contributed by atoms with van der Waals surface area (Å²) in [6, 6.07) is 16.9. The van der Waals surface area contributed by atoms with Gasteiger partial charge in [0.05, 0.1) is 7.11 Å². The van der Waals surface area contributed by atoms with E-state index in [1.807, 2.05) is 30.3 Å². The van der Waals surface area contributed by atoms with Gasteiger partial charge in [0.1, 0.15) is 5.75 Å². The molecule has 1 fully saturated rings. The second-order valence-corrected chi connectivity index (χ2v) is 6.49. The van der Waals surface area contributed by atoms with E-state index in [9.17, 15) is 0 Å². The van der Waals surface area contributed by atoms with Crippen molar-refractivity contribution in [3.8, 4) is 5.75 Å². The number of halogens is 1. The molecule has 23 heavy (non-hydrogen) atoms. The molecule has 122 valence electrons. The highest BCUT2D eigenvalue weighted by Crippen LogP contribution is 2.21. The zero-order valence-corrected chi connectivity index (χ0v) is 14.2. The molecule has 1 aliphatic rings. The molecule has 0 saturated carbocycles. The van der Waals surface area contributed by atoms with Gasteiger partial charge in [-0.3, -0.25) is 4.90 Å². The van der Waals surface area contributed by atoms with Crippen LogP contribution in [0.1, 0.15) is 18.4 Å². The average Bonchev–Trinajstić information content (AvgIpc) is 2.57. The second kappa shape index (κ2) is 7.71. The van der Waals surface area contributed by atoms with Crippen molar-refractivity contribution in [3.63, 3.8) is 0 Å². The Hall–Kier alpha value is -1.71. The fraction of sp³-hybridized carbons (Fsp3) is 0.368. The first-order chi connectivity index (χ1) is 11.2. The topological polar surface area (TPSA) is 24.5 Å². The fourth-order valence-electron chi connectivity index (χ4n) is 3.04. The van der Waals surface area contributed by atoms with Gasteiger partial charge in [-0.15, -0.1) is 0 Å². The predicted molar refractivity (Wildman–Crippen MR) is 96.4 cm³/mol. The van der Waals surface area contributed by atoms with Crippen LogP contribution in [0.2, 0.25) is 5.02 Å². The number of likely N-dealkylation sites (tertiary alicyclic amines) is 1. The SMILES string of the molecule is COc1ccc(CN2CCC(Nc3cccc(Cl)c3)CC2)cc1. The summed E-state index contributed by atoms with van der Waals surface area (Å²) in [4.78, 5) is 2.51. The highest BCUT2D eigenvalue weighted by molar-refractivity contribution is 6.30. The second-order valence-electron chi connectivity index (χ2n) is 6.05. The Morgan fingerprint density at radius 2 is 1.87 bits per heavy atom. The Labute approximate surface area is 143 Å². The molecule has 0 radical (unpaired) electrons. The van der Waals surface area contributed by atoms with Gasteiger partial charge in [-0.1, -0.05) is 29.8 Å². The number of hydrogen-bond donors (Lipinski definition) is 1. The molecule has 2 aromatic rings. The van der Waals surface area contributed by atoms with Crippen molar-refractivity contribution >= 4 is 17.3 Å². The largest absolute Gasteiger partial charge is 0.497 e. The number of hydrogen-bond acceptors (Lipinski definition) is 3. The molecule has 1 aliphatic heterocycles. The van der Waals surface area contributed by atoms with Gasteiger partial charge in [0.2, 0.25) is 0 Å². The van der Waals surface area contributed by atoms with E-state index >= 15 is 0 Å². The van der Waals surface area contributed by atoms with Crippen LogP contribution in [-0.4, -0.2) is 31.1 Å². The molecule has 1 heterocycles. The number of methoxy groups -OCH3 is 1. The molecular formula is C19H23ClN2O. The van der Waals surface area contributed by atoms with E-state index in [0.29, 0.717) is 6.04 Å². The molecule has 0 aliphatic carbocycles. The summed E-state index contributed by atoms with van der Waals surface area (Å²) in [6.07, 6.45) is 2.31. The summed E-state index contributed by atoms with van der Waals surface area (Å²) < 4.78 is 5.21. The number of rotatable bonds is 5. The maximum atomic E-state index is 6.04. The summed E-state index contributed by atoms with van der Waals surface area (Å²) in [6.45, 7) is 3.24. The maximum absolute atomic E-state index is 6.04. The van der Waals surface area contributed by atoms with Gasteiger partial charge >= 0.3 is 0 Å². The van der Waals surface area contributed by atoms with Crippen molar-refractivity contribution in [2.45, 2.75) is 25.4 Å². The zero-order valence-electron chi connectivity index (χ0n) is 13.5. The molecule has 0 spiro atoms. The summed E-state index contributed by atoms with van der Waals surface area (Å²) in [7, 11) is 1.70. The van der Waals surface area contributed by atoms with Crippen LogP contribution in [0.3, 0.4) is 0 Å². The molecular weight excluding hydrogens is 308 g/mol. The Morgan fingerprint density at radius 1 is 1.13 bits per heavy atom. The first kappa shape index (κ1) is 16.2. The lowest BCUT2D eigenvalue weighted by Gasteiger charge is -2.33. The smallest absolute Gasteiger partial charge is 0.118 e. The number of anilines is 1. The molecule has 1 N–H and O–H groups in total. The summed E-state index contributed by atoms with van der Waals surface area (Å²) >= 11 is 6.04. The van der Waals surface area contributed by atoms with Crippen molar-refractivity contribution in [2.75, 3.05) is 25.5 Å². The normalized spacial score (nSPS) is 16.3. The van der Waals surface area contributed by atoms with Crippen molar-refractivity contribution < 1.29 is 4.74 Å². The van der Waals surface area contributed by atoms with Gasteiger partial charge < -0.3 is 10.1 Å². The van der Waals surface area contributed by atoms with E-state index in [1.54, 1.807) is 7.11 Å². The minimum Gasteiger partial charge on any atom is -0.497 e. The van der Waals surface area contributed by atoms with Crippen LogP contribution in [0.4, 0.5) is 5.69 Å². The predicted octanol–water partition coefficient (Wildman–Crippen LogP) is 4.43. The molecule has 4 heteroatoms. The van der Waals surface area contributed by atoms with Gasteiger partial charge in [0, 0.05) is 36.4 Å². The van der Waals surface area contributed by atoms with Gasteiger partial charge in [-0.05, 0) is 48.7 Å². The van der Waals surface area contributed by atoms with Crippen LogP contribution < -0.4 is 10.1 Å². The Kier molecular flexibility index (Phi) is 5.42. The minimum absolute atomic E-state index is 0.528. The Morgan fingerprint density at radius 3 is 2.52 bits per heavy atom. The van der Waals surface area contributed by atoms with Crippen molar-refractivity contribution in [2.24, 2.45) is 0 Å². The third-order valence-corrected chi connectivity index (χ3v) is 4.58. The van der Waals surface area contributed by atoms with Gasteiger partial charge in [0.25, 0.3) is 0 Å². The summed E-state index contributed by atoms with van der Waals surface area (Å²) in [5.41, 5.74) is 2.46. The van der Waals surface area contributed by atoms with Gasteiger partial charge in [-0.2, -0.15) is 0 Å². The number of ether oxygens (including phenoxy) is 1. The van der Waals surface area contributed by atoms with Crippen LogP contribution in [0, 0.1) is 0 Å². The molecule has 0 amide bonds. The molecule has 3 rings (SSSR count). The van der Waals surface area contributed by atoms with E-state index in [0.717, 1.165) is 48.9 Å². The lowest BCUT2D eigenvalue weighted by molar-refractivity contribution is 0.211. The average molecular weight is 331 g/mol. The molecule has 1 saturated heterocycles. The van der Waals surface area contributed by atoms with E-state index in [2.05, 4.69) is 28.4 Å². The van der Waals surface area contributed by atoms with Crippen molar-refractivity contribution in [3.05, 3.63) is 59.1 Å². The van der Waals surface area contributed by atoms with E-state index in [1.165, 1.54) is 5.56 Å². The third kappa shape index (κ3) is 4.63. The number of nitrogens with zero attached hydrogens (tertiary/aromatic N) is 1. The lowest BCUT2D eigenvalue weighted by Crippen LogP contribution is -2.38. The molecule has 2 aromatic carbocycles. The molecule has 0 atom stereocenters. The zero-order chi connectivity index (χ0) is 16.1. The van der Waals surface area contributed by atoms with Crippen LogP contribution in [-0.2, 0) is 6.54 Å². The Balaban J connectivity index is 1.48. The molecule has 3 nitrogen and oxygen atoms in total. The van der Waals surface area contributed by atoms with Crippen LogP contribution in [0.5, 0.6) is 5.75 Å². The van der Waals surface area contributed by atoms with Gasteiger partial charge in [0.15, 0.2) is 0 Å². The van der Waals surface area contributed by atoms with E-state index in [-0.39, 0.29) is 0 Å².